The Kier molecular flexibility index (Phi) is 9.22. The van der Waals surface area contributed by atoms with E-state index in [1.807, 2.05) is 6.07 Å². The molecule has 0 heterocycles. The highest BCUT2D eigenvalue weighted by atomic mass is 79.9. The summed E-state index contributed by atoms with van der Waals surface area (Å²) in [6.07, 6.45) is -0.195. The maximum absolute atomic E-state index is 11.6. The lowest BCUT2D eigenvalue weighted by molar-refractivity contribution is -0.154. The molecule has 0 aliphatic carbocycles. The zero-order chi connectivity index (χ0) is 19.7. The van der Waals surface area contributed by atoms with Gasteiger partial charge in [-0.25, -0.2) is 4.79 Å². The molecular weight excluding hydrogens is 408 g/mol. The van der Waals surface area contributed by atoms with Crippen LogP contribution in [0.4, 0.5) is 4.79 Å². The van der Waals surface area contributed by atoms with Gasteiger partial charge in [0.15, 0.2) is 0 Å². The Balaban J connectivity index is 2.41. The van der Waals surface area contributed by atoms with E-state index < -0.39 is 24.9 Å². The quantitative estimate of drug-likeness (QED) is 0.454. The summed E-state index contributed by atoms with van der Waals surface area (Å²) in [5, 5.41) is 2.57. The Bertz CT molecular complexity index is 624. The van der Waals surface area contributed by atoms with E-state index in [0.717, 1.165) is 10.0 Å². The first-order valence-electron chi connectivity index (χ1n) is 8.03. The van der Waals surface area contributed by atoms with E-state index in [0.29, 0.717) is 24.5 Å². The van der Waals surface area contributed by atoms with E-state index in [9.17, 15) is 9.59 Å². The van der Waals surface area contributed by atoms with Crippen LogP contribution >= 0.6 is 15.9 Å². The topological polar surface area (TPSA) is 109 Å². The minimum atomic E-state index is -0.749. The molecule has 26 heavy (non-hydrogen) atoms. The normalized spacial score (nSPS) is 11.7. The van der Waals surface area contributed by atoms with Crippen molar-refractivity contribution in [2.75, 3.05) is 27.6 Å². The Hall–Kier alpha value is -2.00. The molecule has 1 amide bonds. The van der Waals surface area contributed by atoms with Crippen molar-refractivity contribution in [3.8, 4) is 11.5 Å². The molecule has 0 radical (unpaired) electrons. The van der Waals surface area contributed by atoms with E-state index in [1.54, 1.807) is 34.1 Å². The fourth-order valence-corrected chi connectivity index (χ4v) is 2.46. The number of hydrogen-bond donors (Lipinski definition) is 2. The molecule has 1 rings (SSSR count). The minimum absolute atomic E-state index is 0.0609. The van der Waals surface area contributed by atoms with Crippen molar-refractivity contribution in [1.82, 2.24) is 5.32 Å². The maximum Gasteiger partial charge on any atom is 0.410 e. The van der Waals surface area contributed by atoms with Gasteiger partial charge < -0.3 is 30.0 Å². The van der Waals surface area contributed by atoms with Gasteiger partial charge in [0.2, 0.25) is 6.79 Å². The van der Waals surface area contributed by atoms with Crippen LogP contribution in [0.5, 0.6) is 11.5 Å². The average Bonchev–Trinajstić information content (AvgIpc) is 2.61. The van der Waals surface area contributed by atoms with Crippen molar-refractivity contribution in [2.45, 2.75) is 26.3 Å². The third kappa shape index (κ3) is 6.72. The summed E-state index contributed by atoms with van der Waals surface area (Å²) in [4.78, 5) is 23.2. The number of ether oxygens (including phenoxy) is 4. The van der Waals surface area contributed by atoms with Gasteiger partial charge >= 0.3 is 12.1 Å². The number of alkyl carbamates (subject to hydrolysis) is 1. The highest BCUT2D eigenvalue weighted by Gasteiger charge is 2.19. The first-order chi connectivity index (χ1) is 12.3. The highest BCUT2D eigenvalue weighted by molar-refractivity contribution is 9.10. The fraction of sp³-hybridized carbons (Fsp3) is 0.529. The van der Waals surface area contributed by atoms with E-state index in [1.165, 1.54) is 0 Å². The molecular formula is C17H25BrN2O6. The van der Waals surface area contributed by atoms with Gasteiger partial charge in [-0.05, 0) is 46.0 Å². The van der Waals surface area contributed by atoms with Crippen molar-refractivity contribution < 1.29 is 28.5 Å². The van der Waals surface area contributed by atoms with Gasteiger partial charge in [0.05, 0.1) is 18.7 Å². The number of methoxy groups -OCH3 is 2. The number of benzene rings is 1. The second kappa shape index (κ2) is 10.9. The van der Waals surface area contributed by atoms with Gasteiger partial charge in [-0.15, -0.1) is 0 Å². The van der Waals surface area contributed by atoms with Crippen LogP contribution in [0.3, 0.4) is 0 Å². The van der Waals surface area contributed by atoms with E-state index in [-0.39, 0.29) is 5.92 Å². The molecule has 0 bridgehead atoms. The molecule has 0 aliphatic rings. The lowest BCUT2D eigenvalue weighted by Gasteiger charge is -2.15. The number of nitrogens with one attached hydrogen (secondary N) is 1. The zero-order valence-corrected chi connectivity index (χ0v) is 16.9. The molecule has 0 unspecified atom stereocenters. The number of hydrogen-bond acceptors (Lipinski definition) is 7. The smallest absolute Gasteiger partial charge is 0.410 e. The SMILES string of the molecule is COc1cc(CCNC(=O)OCOC(=O)[C@@H](N)C(C)C)c(OC)cc1Br. The van der Waals surface area contributed by atoms with Crippen molar-refractivity contribution in [1.29, 1.82) is 0 Å². The summed E-state index contributed by atoms with van der Waals surface area (Å²) in [6, 6.07) is 2.87. The molecule has 146 valence electrons. The van der Waals surface area contributed by atoms with Crippen molar-refractivity contribution in [3.63, 3.8) is 0 Å². The first kappa shape index (κ1) is 22.0. The molecule has 0 saturated heterocycles. The van der Waals surface area contributed by atoms with Gasteiger partial charge in [-0.3, -0.25) is 4.79 Å². The third-order valence-corrected chi connectivity index (χ3v) is 4.22. The maximum atomic E-state index is 11.6. The van der Waals surface area contributed by atoms with Crippen LogP contribution < -0.4 is 20.5 Å². The molecule has 0 saturated carbocycles. The van der Waals surface area contributed by atoms with Gasteiger partial charge in [0, 0.05) is 6.54 Å². The Morgan fingerprint density at radius 3 is 2.38 bits per heavy atom. The van der Waals surface area contributed by atoms with Gasteiger partial charge in [0.1, 0.15) is 17.5 Å². The van der Waals surface area contributed by atoms with Gasteiger partial charge in [-0.2, -0.15) is 0 Å². The van der Waals surface area contributed by atoms with Crippen LogP contribution in [-0.2, 0) is 20.7 Å². The van der Waals surface area contributed by atoms with Gasteiger partial charge in [0.25, 0.3) is 0 Å². The molecule has 3 N–H and O–H groups in total. The second-order valence-electron chi connectivity index (χ2n) is 5.76. The summed E-state index contributed by atoms with van der Waals surface area (Å²) in [5.41, 5.74) is 6.49. The summed E-state index contributed by atoms with van der Waals surface area (Å²) < 4.78 is 20.9. The van der Waals surface area contributed by atoms with Crippen LogP contribution in [0.15, 0.2) is 16.6 Å². The summed E-state index contributed by atoms with van der Waals surface area (Å²) in [6.45, 7) is 3.41. The Labute approximate surface area is 161 Å². The first-order valence-corrected chi connectivity index (χ1v) is 8.82. The molecule has 0 aliphatic heterocycles. The minimum Gasteiger partial charge on any atom is -0.496 e. The zero-order valence-electron chi connectivity index (χ0n) is 15.3. The monoisotopic (exact) mass is 432 g/mol. The fourth-order valence-electron chi connectivity index (χ4n) is 1.98. The number of halogens is 1. The lowest BCUT2D eigenvalue weighted by atomic mass is 10.1. The molecule has 8 nitrogen and oxygen atoms in total. The van der Waals surface area contributed by atoms with E-state index in [4.69, 9.17) is 24.7 Å². The van der Waals surface area contributed by atoms with Crippen LogP contribution in [0.1, 0.15) is 19.4 Å². The third-order valence-electron chi connectivity index (χ3n) is 3.60. The number of amides is 1. The average molecular weight is 433 g/mol. The molecule has 0 aromatic heterocycles. The molecule has 1 atom stereocenters. The number of esters is 1. The summed E-state index contributed by atoms with van der Waals surface area (Å²) in [5.74, 6) is 0.662. The van der Waals surface area contributed by atoms with Crippen molar-refractivity contribution >= 4 is 28.0 Å². The van der Waals surface area contributed by atoms with Crippen molar-refractivity contribution in [3.05, 3.63) is 22.2 Å². The highest BCUT2D eigenvalue weighted by Crippen LogP contribution is 2.32. The molecule has 0 fully saturated rings. The van der Waals surface area contributed by atoms with Crippen molar-refractivity contribution in [2.24, 2.45) is 11.7 Å². The summed E-state index contributed by atoms with van der Waals surface area (Å²) >= 11 is 3.39. The van der Waals surface area contributed by atoms with E-state index in [2.05, 4.69) is 21.2 Å². The van der Waals surface area contributed by atoms with Crippen LogP contribution in [-0.4, -0.2) is 45.7 Å². The standard InChI is InChI=1S/C17H25BrN2O6/c1-10(2)15(19)16(21)25-9-26-17(22)20-6-5-11-7-14(24-4)12(18)8-13(11)23-3/h7-8,10,15H,5-6,9,19H2,1-4H3,(H,20,22)/t15-/m0/s1. The number of carbonyl (C=O) groups is 2. The van der Waals surface area contributed by atoms with Crippen LogP contribution in [0, 0.1) is 5.92 Å². The predicted octanol–water partition coefficient (Wildman–Crippen LogP) is 2.22. The van der Waals surface area contributed by atoms with Gasteiger partial charge in [-0.1, -0.05) is 13.8 Å². The Morgan fingerprint density at radius 1 is 1.15 bits per heavy atom. The predicted molar refractivity (Wildman–Crippen MR) is 99.2 cm³/mol. The molecule has 9 heteroatoms. The molecule has 1 aromatic carbocycles. The van der Waals surface area contributed by atoms with E-state index >= 15 is 0 Å². The number of nitrogens with two attached hydrogens (primary N) is 1. The Morgan fingerprint density at radius 2 is 1.81 bits per heavy atom. The van der Waals surface area contributed by atoms with Crippen LogP contribution in [0.2, 0.25) is 0 Å². The lowest BCUT2D eigenvalue weighted by Crippen LogP contribution is -2.38. The number of carbonyl (C=O) groups excluding carboxylic acids is 2. The number of rotatable bonds is 9. The largest absolute Gasteiger partial charge is 0.496 e. The molecule has 0 spiro atoms. The second-order valence-corrected chi connectivity index (χ2v) is 6.61. The van der Waals surface area contributed by atoms with Crippen LogP contribution in [0.25, 0.3) is 0 Å². The summed E-state index contributed by atoms with van der Waals surface area (Å²) in [7, 11) is 3.13. The molecule has 1 aromatic rings.